The van der Waals surface area contributed by atoms with Gasteiger partial charge < -0.3 is 20.7 Å². The van der Waals surface area contributed by atoms with Crippen molar-refractivity contribution in [1.29, 1.82) is 0 Å². The first-order valence-corrected chi connectivity index (χ1v) is 10.2. The number of nitrogens with one attached hydrogen (secondary N) is 1. The van der Waals surface area contributed by atoms with E-state index in [0.717, 1.165) is 9.04 Å². The zero-order valence-corrected chi connectivity index (χ0v) is 17.8. The van der Waals surface area contributed by atoms with E-state index in [1.807, 2.05) is 17.9 Å². The van der Waals surface area contributed by atoms with E-state index in [-0.39, 0.29) is 11.5 Å². The van der Waals surface area contributed by atoms with E-state index in [1.165, 1.54) is 4.57 Å². The number of rotatable bonds is 6. The van der Waals surface area contributed by atoms with Crippen LogP contribution in [0, 0.1) is 0 Å². The van der Waals surface area contributed by atoms with Gasteiger partial charge in [0.15, 0.2) is 0 Å². The molecular weight excluding hydrogens is 442 g/mol. The van der Waals surface area contributed by atoms with Crippen LogP contribution in [0.5, 0.6) is 0 Å². The summed E-state index contributed by atoms with van der Waals surface area (Å²) in [5, 5.41) is 2.71. The van der Waals surface area contributed by atoms with Gasteiger partial charge >= 0.3 is 5.69 Å². The van der Waals surface area contributed by atoms with Crippen molar-refractivity contribution in [3.8, 4) is 0 Å². The Morgan fingerprint density at radius 2 is 1.97 bits per heavy atom. The number of ether oxygens (including phenoxy) is 1. The molecule has 0 saturated carbocycles. The quantitative estimate of drug-likeness (QED) is 0.663. The molecule has 0 unspecified atom stereocenters. The second kappa shape index (κ2) is 9.27. The minimum atomic E-state index is -0.587. The second-order valence-electron chi connectivity index (χ2n) is 6.72. The molecular formula is C19H24BrN5O4. The number of amides is 1. The number of morpholine rings is 1. The Bertz CT molecular complexity index is 1010. The van der Waals surface area contributed by atoms with Crippen LogP contribution < -0.4 is 27.2 Å². The molecule has 3 rings (SSSR count). The maximum atomic E-state index is 13.1. The van der Waals surface area contributed by atoms with Crippen LogP contribution in [0.1, 0.15) is 13.3 Å². The molecule has 2 aromatic rings. The molecule has 1 aliphatic heterocycles. The first-order valence-electron chi connectivity index (χ1n) is 9.43. The third-order valence-corrected chi connectivity index (χ3v) is 5.12. The number of halogens is 1. The molecule has 1 aliphatic rings. The molecule has 0 spiro atoms. The predicted molar refractivity (Wildman–Crippen MR) is 115 cm³/mol. The zero-order valence-electron chi connectivity index (χ0n) is 16.2. The van der Waals surface area contributed by atoms with E-state index in [1.54, 1.807) is 18.2 Å². The molecule has 9 nitrogen and oxygen atoms in total. The number of nitrogens with zero attached hydrogens (tertiary/aromatic N) is 3. The summed E-state index contributed by atoms with van der Waals surface area (Å²) in [5.41, 5.74) is 5.86. The van der Waals surface area contributed by atoms with Crippen LogP contribution in [0.2, 0.25) is 0 Å². The number of hydrogen-bond acceptors (Lipinski definition) is 6. The fourth-order valence-electron chi connectivity index (χ4n) is 3.27. The summed E-state index contributed by atoms with van der Waals surface area (Å²) in [4.78, 5) is 40.4. The van der Waals surface area contributed by atoms with Crippen LogP contribution in [0.15, 0.2) is 38.3 Å². The van der Waals surface area contributed by atoms with Crippen molar-refractivity contribution in [2.75, 3.05) is 42.3 Å². The molecule has 2 heterocycles. The normalized spacial score (nSPS) is 14.1. The molecule has 1 amide bonds. The predicted octanol–water partition coefficient (Wildman–Crippen LogP) is 1.24. The van der Waals surface area contributed by atoms with Crippen molar-refractivity contribution in [3.05, 3.63) is 49.6 Å². The number of carbonyl (C=O) groups is 1. The van der Waals surface area contributed by atoms with Crippen molar-refractivity contribution in [1.82, 2.24) is 9.13 Å². The first-order chi connectivity index (χ1) is 13.9. The fourth-order valence-corrected chi connectivity index (χ4v) is 3.67. The number of nitrogens with two attached hydrogens (primary N) is 1. The fraction of sp³-hybridized carbons (Fsp3) is 0.421. The number of hydrogen-bond donors (Lipinski definition) is 2. The van der Waals surface area contributed by atoms with E-state index in [4.69, 9.17) is 10.5 Å². The molecule has 0 aliphatic carbocycles. The molecule has 1 saturated heterocycles. The Balaban J connectivity index is 1.98. The number of benzene rings is 1. The van der Waals surface area contributed by atoms with E-state index < -0.39 is 23.7 Å². The lowest BCUT2D eigenvalue weighted by molar-refractivity contribution is -0.116. The highest BCUT2D eigenvalue weighted by Crippen LogP contribution is 2.19. The van der Waals surface area contributed by atoms with E-state index >= 15 is 0 Å². The number of carbonyl (C=O) groups excluding carboxylic acids is 1. The monoisotopic (exact) mass is 465 g/mol. The SMILES string of the molecule is CCCn1c(N)c(N2CCOCC2)c(=O)n(CC(=O)Nc2cccc(Br)c2)c1=O. The Morgan fingerprint density at radius 1 is 1.24 bits per heavy atom. The summed E-state index contributed by atoms with van der Waals surface area (Å²) >= 11 is 3.34. The Labute approximate surface area is 176 Å². The summed E-state index contributed by atoms with van der Waals surface area (Å²) in [6.45, 7) is 3.79. The van der Waals surface area contributed by atoms with Gasteiger partial charge in [-0.05, 0) is 24.6 Å². The Hall–Kier alpha value is -2.59. The summed E-state index contributed by atoms with van der Waals surface area (Å²) in [7, 11) is 0. The van der Waals surface area contributed by atoms with Gasteiger partial charge in [-0.2, -0.15) is 0 Å². The van der Waals surface area contributed by atoms with Crippen molar-refractivity contribution < 1.29 is 9.53 Å². The highest BCUT2D eigenvalue weighted by atomic mass is 79.9. The van der Waals surface area contributed by atoms with Crippen molar-refractivity contribution in [3.63, 3.8) is 0 Å². The van der Waals surface area contributed by atoms with E-state index in [9.17, 15) is 14.4 Å². The average molecular weight is 466 g/mol. The third kappa shape index (κ3) is 4.70. The standard InChI is InChI=1S/C19H24BrN5O4/c1-2-6-24-17(21)16(23-7-9-29-10-8-23)18(27)25(19(24)28)12-15(26)22-14-5-3-4-13(20)11-14/h3-5,11H,2,6-10,12,21H2,1H3,(H,22,26). The van der Waals surface area contributed by atoms with Crippen LogP contribution >= 0.6 is 15.9 Å². The second-order valence-corrected chi connectivity index (χ2v) is 7.63. The van der Waals surface area contributed by atoms with Gasteiger partial charge in [0.25, 0.3) is 5.56 Å². The smallest absolute Gasteiger partial charge is 0.333 e. The van der Waals surface area contributed by atoms with Gasteiger partial charge in [-0.25, -0.2) is 9.36 Å². The van der Waals surface area contributed by atoms with Gasteiger partial charge in [-0.3, -0.25) is 14.2 Å². The minimum Gasteiger partial charge on any atom is -0.383 e. The van der Waals surface area contributed by atoms with Crippen LogP contribution in [0.3, 0.4) is 0 Å². The first kappa shape index (κ1) is 21.1. The molecule has 1 aromatic carbocycles. The molecule has 3 N–H and O–H groups in total. The maximum absolute atomic E-state index is 13.1. The topological polar surface area (TPSA) is 112 Å². The zero-order chi connectivity index (χ0) is 21.0. The van der Waals surface area contributed by atoms with Gasteiger partial charge in [-0.15, -0.1) is 0 Å². The highest BCUT2D eigenvalue weighted by Gasteiger charge is 2.24. The van der Waals surface area contributed by atoms with Gasteiger partial charge in [0, 0.05) is 29.8 Å². The molecule has 0 radical (unpaired) electrons. The van der Waals surface area contributed by atoms with Gasteiger partial charge in [0.05, 0.1) is 13.2 Å². The molecule has 156 valence electrons. The number of anilines is 3. The molecule has 0 atom stereocenters. The Morgan fingerprint density at radius 3 is 2.62 bits per heavy atom. The summed E-state index contributed by atoms with van der Waals surface area (Å²) in [6, 6.07) is 7.07. The molecule has 10 heteroatoms. The van der Waals surface area contributed by atoms with Crippen molar-refractivity contribution in [2.24, 2.45) is 0 Å². The number of aromatic nitrogens is 2. The lowest BCUT2D eigenvalue weighted by Gasteiger charge is -2.30. The molecule has 1 fully saturated rings. The van der Waals surface area contributed by atoms with E-state index in [0.29, 0.717) is 45.0 Å². The Kier molecular flexibility index (Phi) is 6.75. The molecule has 1 aromatic heterocycles. The largest absolute Gasteiger partial charge is 0.383 e. The lowest BCUT2D eigenvalue weighted by Crippen LogP contribution is -2.48. The van der Waals surface area contributed by atoms with Crippen molar-refractivity contribution in [2.45, 2.75) is 26.4 Å². The molecule has 0 bridgehead atoms. The van der Waals surface area contributed by atoms with Gasteiger partial charge in [0.2, 0.25) is 5.91 Å². The van der Waals surface area contributed by atoms with Crippen LogP contribution in [0.25, 0.3) is 0 Å². The average Bonchev–Trinajstić information content (AvgIpc) is 2.69. The van der Waals surface area contributed by atoms with Crippen LogP contribution in [0.4, 0.5) is 17.2 Å². The minimum absolute atomic E-state index is 0.132. The summed E-state index contributed by atoms with van der Waals surface area (Å²) in [6.07, 6.45) is 0.662. The van der Waals surface area contributed by atoms with E-state index in [2.05, 4.69) is 21.2 Å². The molecule has 29 heavy (non-hydrogen) atoms. The lowest BCUT2D eigenvalue weighted by atomic mass is 10.3. The van der Waals surface area contributed by atoms with Gasteiger partial charge in [0.1, 0.15) is 18.1 Å². The number of nitrogen functional groups attached to an aromatic ring is 1. The third-order valence-electron chi connectivity index (χ3n) is 4.63. The van der Waals surface area contributed by atoms with Crippen LogP contribution in [-0.2, 0) is 22.6 Å². The van der Waals surface area contributed by atoms with Crippen molar-refractivity contribution >= 4 is 39.0 Å². The van der Waals surface area contributed by atoms with Gasteiger partial charge in [-0.1, -0.05) is 28.9 Å². The summed E-state index contributed by atoms with van der Waals surface area (Å²) < 4.78 is 8.46. The summed E-state index contributed by atoms with van der Waals surface area (Å²) in [5.74, 6) is -0.338. The maximum Gasteiger partial charge on any atom is 0.333 e. The highest BCUT2D eigenvalue weighted by molar-refractivity contribution is 9.10. The van der Waals surface area contributed by atoms with Crippen LogP contribution in [-0.4, -0.2) is 41.3 Å².